The molecule has 6 nitrogen and oxygen atoms in total. The highest BCUT2D eigenvalue weighted by Crippen LogP contribution is 2.66. The molecule has 0 aromatic heterocycles. The molecule has 150 valence electrons. The van der Waals surface area contributed by atoms with Crippen LogP contribution in [0.2, 0.25) is 0 Å². The third kappa shape index (κ3) is 2.51. The van der Waals surface area contributed by atoms with Gasteiger partial charge in [0.1, 0.15) is 17.8 Å². The third-order valence-corrected chi connectivity index (χ3v) is 8.86. The normalized spacial score (nSPS) is 51.5. The molecule has 4 fully saturated rings. The summed E-state index contributed by atoms with van der Waals surface area (Å²) in [5.41, 5.74) is -1.89. The third-order valence-electron chi connectivity index (χ3n) is 8.86. The summed E-state index contributed by atoms with van der Waals surface area (Å²) in [5.74, 6) is 0.887. The average molecular weight is 378 g/mol. The number of rotatable bonds is 4. The second kappa shape index (κ2) is 6.29. The lowest BCUT2D eigenvalue weighted by atomic mass is 9.43. The van der Waals surface area contributed by atoms with Crippen LogP contribution in [-0.4, -0.2) is 41.6 Å². The lowest BCUT2D eigenvalue weighted by molar-refractivity contribution is -0.233. The number of ketones is 1. The van der Waals surface area contributed by atoms with Crippen molar-refractivity contribution in [2.75, 3.05) is 0 Å². The van der Waals surface area contributed by atoms with Crippen LogP contribution in [-0.2, 0) is 23.9 Å². The number of Topliss-reactive ketones (excluding diaryl/α,β-unsaturated/α-hetero) is 1. The Morgan fingerprint density at radius 3 is 2.33 bits per heavy atom. The van der Waals surface area contributed by atoms with Crippen LogP contribution in [0.15, 0.2) is 0 Å². The SMILES string of the molecule is C[C@@]12CCC[C@H]1[C@@H]1CC(=O)[C@@]3(O)C[C@H](OC=O)[C@@H](OC=O)C[C@]3(C)[C@H]1CC2. The molecule has 4 aliphatic carbocycles. The van der Waals surface area contributed by atoms with Crippen molar-refractivity contribution in [1.29, 1.82) is 0 Å². The average Bonchev–Trinajstić information content (AvgIpc) is 3.01. The van der Waals surface area contributed by atoms with Gasteiger partial charge in [-0.3, -0.25) is 14.4 Å². The predicted octanol–water partition coefficient (Wildman–Crippen LogP) is 2.41. The van der Waals surface area contributed by atoms with Gasteiger partial charge in [-0.2, -0.15) is 0 Å². The molecule has 0 aliphatic heterocycles. The maximum absolute atomic E-state index is 13.2. The summed E-state index contributed by atoms with van der Waals surface area (Å²) >= 11 is 0. The van der Waals surface area contributed by atoms with Crippen LogP contribution in [0.5, 0.6) is 0 Å². The second-order valence-corrected chi connectivity index (χ2v) is 9.82. The number of aliphatic hydroxyl groups is 1. The van der Waals surface area contributed by atoms with Gasteiger partial charge in [-0.1, -0.05) is 20.3 Å². The van der Waals surface area contributed by atoms with E-state index in [4.69, 9.17) is 9.47 Å². The number of hydrogen-bond donors (Lipinski definition) is 1. The zero-order chi connectivity index (χ0) is 19.4. The minimum absolute atomic E-state index is 0.00470. The van der Waals surface area contributed by atoms with Crippen molar-refractivity contribution in [3.8, 4) is 0 Å². The van der Waals surface area contributed by atoms with Gasteiger partial charge < -0.3 is 14.6 Å². The maximum Gasteiger partial charge on any atom is 0.293 e. The van der Waals surface area contributed by atoms with Gasteiger partial charge in [0.05, 0.1) is 0 Å². The Hall–Kier alpha value is -1.43. The zero-order valence-electron chi connectivity index (χ0n) is 16.2. The van der Waals surface area contributed by atoms with Crippen molar-refractivity contribution in [3.05, 3.63) is 0 Å². The van der Waals surface area contributed by atoms with Crippen molar-refractivity contribution in [2.24, 2.45) is 28.6 Å². The minimum atomic E-state index is -1.53. The van der Waals surface area contributed by atoms with E-state index in [1.54, 1.807) is 0 Å². The van der Waals surface area contributed by atoms with Gasteiger partial charge in [0.2, 0.25) is 0 Å². The highest BCUT2D eigenvalue weighted by molar-refractivity contribution is 5.89. The molecule has 8 atom stereocenters. The predicted molar refractivity (Wildman–Crippen MR) is 95.5 cm³/mol. The quantitative estimate of drug-likeness (QED) is 0.756. The lowest BCUT2D eigenvalue weighted by Crippen LogP contribution is -2.69. The molecule has 1 N–H and O–H groups in total. The molecule has 0 bridgehead atoms. The van der Waals surface area contributed by atoms with Gasteiger partial charge in [0, 0.05) is 18.3 Å². The van der Waals surface area contributed by atoms with E-state index in [0.29, 0.717) is 37.1 Å². The Kier molecular flexibility index (Phi) is 4.41. The van der Waals surface area contributed by atoms with Crippen molar-refractivity contribution in [1.82, 2.24) is 0 Å². The first kappa shape index (κ1) is 18.9. The molecule has 4 rings (SSSR count). The topological polar surface area (TPSA) is 89.9 Å². The molecule has 0 heterocycles. The van der Waals surface area contributed by atoms with Gasteiger partial charge in [-0.25, -0.2) is 0 Å². The Balaban J connectivity index is 1.71. The van der Waals surface area contributed by atoms with E-state index in [1.807, 2.05) is 6.92 Å². The van der Waals surface area contributed by atoms with E-state index in [0.717, 1.165) is 19.3 Å². The summed E-state index contributed by atoms with van der Waals surface area (Å²) < 4.78 is 10.3. The first-order chi connectivity index (χ1) is 12.8. The number of carbonyl (C=O) groups is 3. The molecule has 0 spiro atoms. The van der Waals surface area contributed by atoms with Crippen LogP contribution in [0.4, 0.5) is 0 Å². The Morgan fingerprint density at radius 2 is 1.67 bits per heavy atom. The molecule has 6 heteroatoms. The van der Waals surface area contributed by atoms with Crippen LogP contribution in [0.1, 0.15) is 65.2 Å². The molecular weight excluding hydrogens is 348 g/mol. The maximum atomic E-state index is 13.2. The van der Waals surface area contributed by atoms with Crippen LogP contribution < -0.4 is 0 Å². The summed E-state index contributed by atoms with van der Waals surface area (Å²) in [7, 11) is 0. The number of ether oxygens (including phenoxy) is 2. The monoisotopic (exact) mass is 378 g/mol. The van der Waals surface area contributed by atoms with E-state index in [9.17, 15) is 19.5 Å². The molecule has 4 aliphatic rings. The molecule has 0 aromatic carbocycles. The van der Waals surface area contributed by atoms with Gasteiger partial charge >= 0.3 is 0 Å². The van der Waals surface area contributed by atoms with Gasteiger partial charge in [-0.05, 0) is 55.3 Å². The Labute approximate surface area is 160 Å². The summed E-state index contributed by atoms with van der Waals surface area (Å²) in [6, 6.07) is 0. The van der Waals surface area contributed by atoms with Crippen molar-refractivity contribution in [2.45, 2.75) is 83.0 Å². The largest absolute Gasteiger partial charge is 0.461 e. The lowest BCUT2D eigenvalue weighted by Gasteiger charge is -2.63. The molecule has 0 amide bonds. The summed E-state index contributed by atoms with van der Waals surface area (Å²) in [5, 5.41) is 11.6. The Bertz CT molecular complexity index is 649. The molecule has 0 radical (unpaired) electrons. The molecule has 0 saturated heterocycles. The minimum Gasteiger partial charge on any atom is -0.461 e. The number of carbonyl (C=O) groups excluding carboxylic acids is 3. The van der Waals surface area contributed by atoms with Crippen LogP contribution in [0.3, 0.4) is 0 Å². The van der Waals surface area contributed by atoms with E-state index >= 15 is 0 Å². The van der Waals surface area contributed by atoms with E-state index in [1.165, 1.54) is 12.8 Å². The molecule has 0 unspecified atom stereocenters. The molecule has 0 aromatic rings. The Morgan fingerprint density at radius 1 is 1.00 bits per heavy atom. The second-order valence-electron chi connectivity index (χ2n) is 9.82. The van der Waals surface area contributed by atoms with E-state index in [2.05, 4.69) is 6.92 Å². The first-order valence-electron chi connectivity index (χ1n) is 10.2. The van der Waals surface area contributed by atoms with Crippen molar-refractivity contribution < 1.29 is 29.0 Å². The molecular formula is C21H30O6. The van der Waals surface area contributed by atoms with Crippen molar-refractivity contribution in [3.63, 3.8) is 0 Å². The van der Waals surface area contributed by atoms with Crippen molar-refractivity contribution >= 4 is 18.7 Å². The fourth-order valence-electron chi connectivity index (χ4n) is 7.42. The van der Waals surface area contributed by atoms with Crippen LogP contribution in [0, 0.1) is 28.6 Å². The summed E-state index contributed by atoms with van der Waals surface area (Å²) in [6.07, 6.45) is 5.04. The first-order valence-corrected chi connectivity index (χ1v) is 10.2. The van der Waals surface area contributed by atoms with Crippen LogP contribution >= 0.6 is 0 Å². The summed E-state index contributed by atoms with van der Waals surface area (Å²) in [6.45, 7) is 5.02. The van der Waals surface area contributed by atoms with E-state index < -0.39 is 23.2 Å². The molecule has 27 heavy (non-hydrogen) atoms. The number of hydrogen-bond acceptors (Lipinski definition) is 6. The smallest absolute Gasteiger partial charge is 0.293 e. The molecule has 4 saturated carbocycles. The highest BCUT2D eigenvalue weighted by atomic mass is 16.6. The standard InChI is InChI=1S/C21H30O6/c1-19-6-3-4-14(19)13-8-18(24)21(25)10-17(27-12-23)16(26-11-22)9-20(21,2)15(13)5-7-19/h11-17,25H,3-10H2,1-2H3/t13-,14-,15-,16-,17-,19-,20+,21-/m0/s1. The van der Waals surface area contributed by atoms with Crippen LogP contribution in [0.25, 0.3) is 0 Å². The summed E-state index contributed by atoms with van der Waals surface area (Å²) in [4.78, 5) is 35.1. The van der Waals surface area contributed by atoms with Gasteiger partial charge in [0.25, 0.3) is 12.9 Å². The van der Waals surface area contributed by atoms with E-state index in [-0.39, 0.29) is 24.0 Å². The zero-order valence-corrected chi connectivity index (χ0v) is 16.2. The fourth-order valence-corrected chi connectivity index (χ4v) is 7.42. The number of fused-ring (bicyclic) bond motifs is 5. The van der Waals surface area contributed by atoms with Gasteiger partial charge in [-0.15, -0.1) is 0 Å². The highest BCUT2D eigenvalue weighted by Gasteiger charge is 2.68. The fraction of sp³-hybridized carbons (Fsp3) is 0.857. The van der Waals surface area contributed by atoms with Gasteiger partial charge in [0.15, 0.2) is 5.78 Å².